The van der Waals surface area contributed by atoms with E-state index in [1.807, 2.05) is 19.1 Å². The van der Waals surface area contributed by atoms with Crippen LogP contribution in [0.5, 0.6) is 11.5 Å². The molecule has 0 saturated carbocycles. The fraction of sp³-hybridized carbons (Fsp3) is 0.400. The van der Waals surface area contributed by atoms with Gasteiger partial charge in [0.25, 0.3) is 0 Å². The number of halogens is 1. The standard InChI is InChI=1S/C25H31ClN2O4/c1-3-11-32-25-22(26)15-19(16-23(25)30-2)7-8-24(29)27-17-20-5-4-6-21(14-20)18-28-9-12-31-13-10-28/h4-8,14-16H,3,9-13,17-18H2,1-2H3,(H,27,29)/b8-7+. The molecule has 0 unspecified atom stereocenters. The summed E-state index contributed by atoms with van der Waals surface area (Å²) in [5, 5.41) is 3.39. The van der Waals surface area contributed by atoms with E-state index in [2.05, 4.69) is 22.3 Å². The molecule has 1 N–H and O–H groups in total. The average molecular weight is 459 g/mol. The van der Waals surface area contributed by atoms with Crippen LogP contribution in [0.1, 0.15) is 30.0 Å². The van der Waals surface area contributed by atoms with Crippen LogP contribution in [0, 0.1) is 0 Å². The fourth-order valence-electron chi connectivity index (χ4n) is 3.46. The highest BCUT2D eigenvalue weighted by Gasteiger charge is 2.12. The lowest BCUT2D eigenvalue weighted by atomic mass is 10.1. The molecule has 1 saturated heterocycles. The molecule has 1 aliphatic heterocycles. The van der Waals surface area contributed by atoms with Crippen molar-refractivity contribution in [1.29, 1.82) is 0 Å². The van der Waals surface area contributed by atoms with E-state index in [1.54, 1.807) is 25.3 Å². The summed E-state index contributed by atoms with van der Waals surface area (Å²) in [6.45, 7) is 7.41. The molecule has 2 aromatic carbocycles. The minimum atomic E-state index is -0.176. The summed E-state index contributed by atoms with van der Waals surface area (Å²) in [5.41, 5.74) is 3.07. The van der Waals surface area contributed by atoms with Crippen LogP contribution in [-0.2, 0) is 22.6 Å². The summed E-state index contributed by atoms with van der Waals surface area (Å²) in [7, 11) is 1.57. The Morgan fingerprint density at radius 2 is 2.00 bits per heavy atom. The van der Waals surface area contributed by atoms with E-state index in [0.717, 1.165) is 50.4 Å². The lowest BCUT2D eigenvalue weighted by molar-refractivity contribution is -0.116. The van der Waals surface area contributed by atoms with Crippen molar-refractivity contribution in [3.63, 3.8) is 0 Å². The highest BCUT2D eigenvalue weighted by atomic mass is 35.5. The molecule has 7 heteroatoms. The number of carbonyl (C=O) groups excluding carboxylic acids is 1. The van der Waals surface area contributed by atoms with Crippen LogP contribution in [0.25, 0.3) is 6.08 Å². The van der Waals surface area contributed by atoms with Crippen LogP contribution in [-0.4, -0.2) is 50.8 Å². The van der Waals surface area contributed by atoms with Crippen molar-refractivity contribution in [2.75, 3.05) is 40.0 Å². The molecule has 3 rings (SSSR count). The Hall–Kier alpha value is -2.54. The number of carbonyl (C=O) groups is 1. The number of amides is 1. The Kier molecular flexibility index (Phi) is 9.41. The number of hydrogen-bond acceptors (Lipinski definition) is 5. The van der Waals surface area contributed by atoms with Gasteiger partial charge in [-0.15, -0.1) is 0 Å². The van der Waals surface area contributed by atoms with E-state index in [9.17, 15) is 4.79 Å². The van der Waals surface area contributed by atoms with E-state index < -0.39 is 0 Å². The zero-order chi connectivity index (χ0) is 22.8. The van der Waals surface area contributed by atoms with Crippen LogP contribution >= 0.6 is 11.6 Å². The third-order valence-corrected chi connectivity index (χ3v) is 5.38. The quantitative estimate of drug-likeness (QED) is 0.538. The van der Waals surface area contributed by atoms with Crippen LogP contribution in [0.3, 0.4) is 0 Å². The zero-order valence-electron chi connectivity index (χ0n) is 18.7. The Labute approximate surface area is 195 Å². The van der Waals surface area contributed by atoms with Gasteiger partial charge in [-0.2, -0.15) is 0 Å². The summed E-state index contributed by atoms with van der Waals surface area (Å²) in [6, 6.07) is 11.9. The fourth-order valence-corrected chi connectivity index (χ4v) is 3.73. The van der Waals surface area contributed by atoms with E-state index >= 15 is 0 Å². The highest BCUT2D eigenvalue weighted by molar-refractivity contribution is 6.32. The van der Waals surface area contributed by atoms with Crippen molar-refractivity contribution in [3.8, 4) is 11.5 Å². The molecule has 32 heavy (non-hydrogen) atoms. The SMILES string of the molecule is CCCOc1c(Cl)cc(/C=C/C(=O)NCc2cccc(CN3CCOCC3)c2)cc1OC. The first-order valence-corrected chi connectivity index (χ1v) is 11.3. The van der Waals surface area contributed by atoms with E-state index in [4.69, 9.17) is 25.8 Å². The van der Waals surface area contributed by atoms with Crippen LogP contribution in [0.2, 0.25) is 5.02 Å². The van der Waals surface area contributed by atoms with Gasteiger partial charge >= 0.3 is 0 Å². The number of rotatable bonds is 10. The van der Waals surface area contributed by atoms with Crippen molar-refractivity contribution in [3.05, 3.63) is 64.2 Å². The molecule has 0 aromatic heterocycles. The Morgan fingerprint density at radius 1 is 1.22 bits per heavy atom. The maximum absolute atomic E-state index is 12.3. The van der Waals surface area contributed by atoms with Gasteiger partial charge in [0.15, 0.2) is 11.5 Å². The number of hydrogen-bond donors (Lipinski definition) is 1. The Morgan fingerprint density at radius 3 is 2.75 bits per heavy atom. The van der Waals surface area contributed by atoms with Crippen LogP contribution in [0.15, 0.2) is 42.5 Å². The van der Waals surface area contributed by atoms with Gasteiger partial charge in [0.2, 0.25) is 5.91 Å². The minimum Gasteiger partial charge on any atom is -0.493 e. The van der Waals surface area contributed by atoms with Gasteiger partial charge in [-0.25, -0.2) is 0 Å². The van der Waals surface area contributed by atoms with Crippen molar-refractivity contribution < 1.29 is 19.0 Å². The molecule has 0 spiro atoms. The molecule has 0 atom stereocenters. The lowest BCUT2D eigenvalue weighted by Gasteiger charge is -2.26. The second-order valence-corrected chi connectivity index (χ2v) is 8.05. The van der Waals surface area contributed by atoms with Gasteiger partial charge in [0.1, 0.15) is 0 Å². The third-order valence-electron chi connectivity index (χ3n) is 5.10. The zero-order valence-corrected chi connectivity index (χ0v) is 19.5. The molecular formula is C25H31ClN2O4. The first-order chi connectivity index (χ1) is 15.6. The normalized spacial score (nSPS) is 14.5. The number of methoxy groups -OCH3 is 1. The molecule has 0 aliphatic carbocycles. The van der Waals surface area contributed by atoms with Gasteiger partial charge in [0.05, 0.1) is 32.0 Å². The summed E-state index contributed by atoms with van der Waals surface area (Å²) in [4.78, 5) is 14.7. The summed E-state index contributed by atoms with van der Waals surface area (Å²) < 4.78 is 16.5. The summed E-state index contributed by atoms with van der Waals surface area (Å²) in [5.74, 6) is 0.891. The molecule has 1 aliphatic rings. The van der Waals surface area contributed by atoms with Crippen molar-refractivity contribution >= 4 is 23.6 Å². The van der Waals surface area contributed by atoms with E-state index in [1.165, 1.54) is 11.6 Å². The first kappa shape index (κ1) is 24.1. The van der Waals surface area contributed by atoms with Gasteiger partial charge in [0, 0.05) is 32.3 Å². The summed E-state index contributed by atoms with van der Waals surface area (Å²) in [6.07, 6.45) is 4.08. The average Bonchev–Trinajstić information content (AvgIpc) is 2.81. The Balaban J connectivity index is 1.55. The van der Waals surface area contributed by atoms with Gasteiger partial charge in [-0.1, -0.05) is 42.8 Å². The van der Waals surface area contributed by atoms with Crippen molar-refractivity contribution in [2.45, 2.75) is 26.4 Å². The molecule has 0 radical (unpaired) electrons. The maximum Gasteiger partial charge on any atom is 0.244 e. The lowest BCUT2D eigenvalue weighted by Crippen LogP contribution is -2.35. The monoisotopic (exact) mass is 458 g/mol. The number of benzene rings is 2. The summed E-state index contributed by atoms with van der Waals surface area (Å²) >= 11 is 6.34. The number of nitrogens with one attached hydrogen (secondary N) is 1. The predicted molar refractivity (Wildman–Crippen MR) is 127 cm³/mol. The molecule has 6 nitrogen and oxygen atoms in total. The van der Waals surface area contributed by atoms with Crippen LogP contribution in [0.4, 0.5) is 0 Å². The first-order valence-electron chi connectivity index (χ1n) is 10.9. The molecule has 1 fully saturated rings. The van der Waals surface area contributed by atoms with Gasteiger partial charge < -0.3 is 19.5 Å². The number of ether oxygens (including phenoxy) is 3. The molecule has 1 heterocycles. The third kappa shape index (κ3) is 7.26. The van der Waals surface area contributed by atoms with E-state index in [0.29, 0.717) is 29.7 Å². The predicted octanol–water partition coefficient (Wildman–Crippen LogP) is 4.30. The topological polar surface area (TPSA) is 60.0 Å². The molecular weight excluding hydrogens is 428 g/mol. The second kappa shape index (κ2) is 12.5. The number of morpholine rings is 1. The largest absolute Gasteiger partial charge is 0.493 e. The van der Waals surface area contributed by atoms with Gasteiger partial charge in [-0.05, 0) is 41.3 Å². The van der Waals surface area contributed by atoms with E-state index in [-0.39, 0.29) is 5.91 Å². The second-order valence-electron chi connectivity index (χ2n) is 7.64. The molecule has 2 aromatic rings. The smallest absolute Gasteiger partial charge is 0.244 e. The minimum absolute atomic E-state index is 0.176. The van der Waals surface area contributed by atoms with Crippen LogP contribution < -0.4 is 14.8 Å². The molecule has 172 valence electrons. The number of nitrogens with zero attached hydrogens (tertiary/aromatic N) is 1. The highest BCUT2D eigenvalue weighted by Crippen LogP contribution is 2.36. The van der Waals surface area contributed by atoms with Crippen molar-refractivity contribution in [2.24, 2.45) is 0 Å². The van der Waals surface area contributed by atoms with Gasteiger partial charge in [-0.3, -0.25) is 9.69 Å². The Bertz CT molecular complexity index is 926. The molecule has 0 bridgehead atoms. The maximum atomic E-state index is 12.3. The molecule has 1 amide bonds. The van der Waals surface area contributed by atoms with Crippen molar-refractivity contribution in [1.82, 2.24) is 10.2 Å².